The van der Waals surface area contributed by atoms with Crippen LogP contribution in [-0.2, 0) is 11.3 Å². The van der Waals surface area contributed by atoms with E-state index in [1.165, 1.54) is 6.08 Å². The first kappa shape index (κ1) is 19.2. The molecule has 5 nitrogen and oxygen atoms in total. The summed E-state index contributed by atoms with van der Waals surface area (Å²) in [5.41, 5.74) is 2.71. The van der Waals surface area contributed by atoms with Gasteiger partial charge in [0.05, 0.1) is 18.6 Å². The Morgan fingerprint density at radius 3 is 2.68 bits per heavy atom. The van der Waals surface area contributed by atoms with Gasteiger partial charge in [0.1, 0.15) is 5.75 Å². The first-order chi connectivity index (χ1) is 13.6. The van der Waals surface area contributed by atoms with Crippen LogP contribution in [0.4, 0.5) is 5.69 Å². The van der Waals surface area contributed by atoms with E-state index in [0.29, 0.717) is 18.7 Å². The van der Waals surface area contributed by atoms with E-state index in [0.717, 1.165) is 22.2 Å². The molecule has 0 atom stereocenters. The third kappa shape index (κ3) is 4.80. The Kier molecular flexibility index (Phi) is 6.13. The number of nitriles is 1. The summed E-state index contributed by atoms with van der Waals surface area (Å²) in [6, 6.07) is 17.4. The number of para-hydroxylation sites is 1. The van der Waals surface area contributed by atoms with Crippen LogP contribution in [0.5, 0.6) is 5.75 Å². The number of hydrogen-bond acceptors (Lipinski definition) is 3. The van der Waals surface area contributed by atoms with Gasteiger partial charge in [-0.1, -0.05) is 18.2 Å². The number of carbonyl (C=O) groups excluding carboxylic acids is 1. The number of carbonyl (C=O) groups is 1. The van der Waals surface area contributed by atoms with Crippen LogP contribution in [0.3, 0.4) is 0 Å². The number of hydrogen-bond donors (Lipinski definition) is 1. The average Bonchev–Trinajstić information content (AvgIpc) is 3.04. The van der Waals surface area contributed by atoms with Crippen LogP contribution in [0.25, 0.3) is 17.0 Å². The Balaban J connectivity index is 1.71. The lowest BCUT2D eigenvalue weighted by Gasteiger charge is -2.10. The van der Waals surface area contributed by atoms with E-state index in [9.17, 15) is 4.79 Å². The molecule has 1 N–H and O–H groups in total. The van der Waals surface area contributed by atoms with Crippen LogP contribution in [0, 0.1) is 11.3 Å². The number of nitrogens with zero attached hydrogens (tertiary/aromatic N) is 2. The summed E-state index contributed by atoms with van der Waals surface area (Å²) >= 11 is 0. The summed E-state index contributed by atoms with van der Waals surface area (Å²) in [6.07, 6.45) is 5.85. The van der Waals surface area contributed by atoms with Crippen molar-refractivity contribution < 1.29 is 9.53 Å². The minimum Gasteiger partial charge on any atom is -0.491 e. The van der Waals surface area contributed by atoms with Crippen molar-refractivity contribution in [3.8, 4) is 11.8 Å². The minimum atomic E-state index is -0.202. The van der Waals surface area contributed by atoms with Gasteiger partial charge in [0.2, 0.25) is 5.91 Å². The van der Waals surface area contributed by atoms with E-state index in [4.69, 9.17) is 10.00 Å². The smallest absolute Gasteiger partial charge is 0.248 e. The quantitative estimate of drug-likeness (QED) is 0.593. The van der Waals surface area contributed by atoms with Crippen molar-refractivity contribution in [2.45, 2.75) is 32.9 Å². The highest BCUT2D eigenvalue weighted by Crippen LogP contribution is 2.23. The molecule has 2 aromatic carbocycles. The number of ether oxygens (including phenoxy) is 1. The molecule has 0 aliphatic heterocycles. The van der Waals surface area contributed by atoms with Gasteiger partial charge in [-0.05, 0) is 50.3 Å². The second-order valence-corrected chi connectivity index (χ2v) is 6.72. The van der Waals surface area contributed by atoms with Gasteiger partial charge in [-0.15, -0.1) is 0 Å². The van der Waals surface area contributed by atoms with Gasteiger partial charge in [-0.3, -0.25) is 4.79 Å². The molecule has 0 aliphatic carbocycles. The molecule has 0 saturated heterocycles. The molecule has 3 aromatic rings. The lowest BCUT2D eigenvalue weighted by molar-refractivity contribution is -0.111. The maximum Gasteiger partial charge on any atom is 0.248 e. The van der Waals surface area contributed by atoms with Gasteiger partial charge in [0.25, 0.3) is 0 Å². The first-order valence-electron chi connectivity index (χ1n) is 9.27. The maximum absolute atomic E-state index is 12.3. The third-order valence-corrected chi connectivity index (χ3v) is 4.19. The van der Waals surface area contributed by atoms with Crippen molar-refractivity contribution in [2.75, 3.05) is 5.32 Å². The summed E-state index contributed by atoms with van der Waals surface area (Å²) in [4.78, 5) is 12.3. The number of nitrogens with one attached hydrogen (secondary N) is 1. The second kappa shape index (κ2) is 8.92. The third-order valence-electron chi connectivity index (χ3n) is 4.19. The van der Waals surface area contributed by atoms with Crippen molar-refractivity contribution in [3.63, 3.8) is 0 Å². The number of amides is 1. The number of fused-ring (bicyclic) bond motifs is 1. The first-order valence-corrected chi connectivity index (χ1v) is 9.27. The van der Waals surface area contributed by atoms with Gasteiger partial charge < -0.3 is 14.6 Å². The number of benzene rings is 2. The normalized spacial score (nSPS) is 11.1. The number of aryl methyl sites for hydroxylation is 1. The zero-order valence-corrected chi connectivity index (χ0v) is 16.1. The fourth-order valence-corrected chi connectivity index (χ4v) is 3.00. The molecule has 1 aromatic heterocycles. The highest BCUT2D eigenvalue weighted by Gasteiger charge is 2.06. The van der Waals surface area contributed by atoms with Gasteiger partial charge in [-0.2, -0.15) is 5.26 Å². The molecule has 0 radical (unpaired) electrons. The van der Waals surface area contributed by atoms with E-state index in [-0.39, 0.29) is 12.0 Å². The fourth-order valence-electron chi connectivity index (χ4n) is 3.00. The summed E-state index contributed by atoms with van der Waals surface area (Å²) in [7, 11) is 0. The molecular formula is C23H23N3O2. The molecule has 3 rings (SSSR count). The van der Waals surface area contributed by atoms with Gasteiger partial charge >= 0.3 is 0 Å². The van der Waals surface area contributed by atoms with E-state index in [1.807, 2.05) is 73.1 Å². The summed E-state index contributed by atoms with van der Waals surface area (Å²) in [5, 5.41) is 12.8. The van der Waals surface area contributed by atoms with Crippen molar-refractivity contribution in [1.82, 2.24) is 4.57 Å². The Bertz CT molecular complexity index is 1020. The minimum absolute atomic E-state index is 0.110. The van der Waals surface area contributed by atoms with Crippen LogP contribution in [0.1, 0.15) is 25.8 Å². The topological polar surface area (TPSA) is 67.0 Å². The molecule has 5 heteroatoms. The van der Waals surface area contributed by atoms with Crippen LogP contribution >= 0.6 is 0 Å². The lowest BCUT2D eigenvalue weighted by atomic mass is 10.1. The monoisotopic (exact) mass is 373 g/mol. The molecule has 0 saturated carbocycles. The van der Waals surface area contributed by atoms with Gasteiger partial charge in [0.15, 0.2) is 0 Å². The number of rotatable bonds is 7. The summed E-state index contributed by atoms with van der Waals surface area (Å²) in [5.74, 6) is 0.570. The number of anilines is 1. The fraction of sp³-hybridized carbons (Fsp3) is 0.217. The predicted octanol–water partition coefficient (Wildman–Crippen LogP) is 4.99. The summed E-state index contributed by atoms with van der Waals surface area (Å²) in [6.45, 7) is 4.57. The van der Waals surface area contributed by atoms with E-state index in [1.54, 1.807) is 6.08 Å². The lowest BCUT2D eigenvalue weighted by Crippen LogP contribution is -2.08. The van der Waals surface area contributed by atoms with Crippen LogP contribution in [-0.4, -0.2) is 16.6 Å². The molecule has 1 heterocycles. The zero-order valence-electron chi connectivity index (χ0n) is 16.1. The van der Waals surface area contributed by atoms with Gasteiger partial charge in [0, 0.05) is 41.0 Å². The number of aromatic nitrogens is 1. The molecule has 28 heavy (non-hydrogen) atoms. The molecule has 1 amide bonds. The van der Waals surface area contributed by atoms with Crippen LogP contribution < -0.4 is 10.1 Å². The van der Waals surface area contributed by atoms with Crippen molar-refractivity contribution in [1.29, 1.82) is 5.26 Å². The molecule has 0 unspecified atom stereocenters. The Morgan fingerprint density at radius 1 is 1.21 bits per heavy atom. The standard InChI is InChI=1S/C23H23N3O2/c1-17(2)28-20-11-9-19(10-12-20)25-23(27)13-8-18-16-26(15-5-14-24)22-7-4-3-6-21(18)22/h3-4,6-13,16-17H,5,15H2,1-2H3,(H,25,27)/b13-8+. The molecule has 0 fully saturated rings. The van der Waals surface area contributed by atoms with E-state index in [2.05, 4.69) is 11.4 Å². The van der Waals surface area contributed by atoms with Crippen LogP contribution in [0.2, 0.25) is 0 Å². The Labute approximate surface area is 164 Å². The predicted molar refractivity (Wildman–Crippen MR) is 112 cm³/mol. The van der Waals surface area contributed by atoms with Gasteiger partial charge in [-0.25, -0.2) is 0 Å². The zero-order chi connectivity index (χ0) is 19.9. The van der Waals surface area contributed by atoms with E-state index < -0.39 is 0 Å². The summed E-state index contributed by atoms with van der Waals surface area (Å²) < 4.78 is 7.65. The molecule has 0 bridgehead atoms. The van der Waals surface area contributed by atoms with Crippen molar-refractivity contribution in [2.24, 2.45) is 0 Å². The van der Waals surface area contributed by atoms with E-state index >= 15 is 0 Å². The van der Waals surface area contributed by atoms with Crippen molar-refractivity contribution in [3.05, 3.63) is 66.4 Å². The molecular weight excluding hydrogens is 350 g/mol. The second-order valence-electron chi connectivity index (χ2n) is 6.72. The largest absolute Gasteiger partial charge is 0.491 e. The van der Waals surface area contributed by atoms with Crippen molar-refractivity contribution >= 4 is 28.6 Å². The SMILES string of the molecule is CC(C)Oc1ccc(NC(=O)/C=C/c2cn(CCC#N)c3ccccc23)cc1. The highest BCUT2D eigenvalue weighted by atomic mass is 16.5. The molecule has 0 spiro atoms. The highest BCUT2D eigenvalue weighted by molar-refractivity contribution is 6.03. The molecule has 142 valence electrons. The average molecular weight is 373 g/mol. The molecule has 0 aliphatic rings. The van der Waals surface area contributed by atoms with Crippen LogP contribution in [0.15, 0.2) is 60.8 Å². The Morgan fingerprint density at radius 2 is 1.96 bits per heavy atom. The Hall–Kier alpha value is -3.52. The maximum atomic E-state index is 12.3.